The first-order chi connectivity index (χ1) is 11.3. The first kappa shape index (κ1) is 16.0. The van der Waals surface area contributed by atoms with E-state index in [1.807, 2.05) is 20.9 Å². The summed E-state index contributed by atoms with van der Waals surface area (Å²) in [6, 6.07) is 7.03. The quantitative estimate of drug-likeness (QED) is 0.835. The summed E-state index contributed by atoms with van der Waals surface area (Å²) in [5.74, 6) is -0.501. The highest BCUT2D eigenvalue weighted by Gasteiger charge is 2.47. The minimum Gasteiger partial charge on any atom is -0.466 e. The fraction of sp³-hybridized carbons (Fsp3) is 0.353. The molecule has 0 radical (unpaired) electrons. The summed E-state index contributed by atoms with van der Waals surface area (Å²) < 4.78 is 7.47. The summed E-state index contributed by atoms with van der Waals surface area (Å²) in [4.78, 5) is 25.0. The predicted octanol–water partition coefficient (Wildman–Crippen LogP) is 1.44. The van der Waals surface area contributed by atoms with Crippen molar-refractivity contribution >= 4 is 17.5 Å². The SMILES string of the molecule is Cc1nn(C)c(C)c1CNC(=O)[C@@]1(C)Oc2ccccc2NC1=O. The Bertz CT molecular complexity index is 827. The third-order valence-corrected chi connectivity index (χ3v) is 4.40. The molecule has 1 aromatic carbocycles. The minimum absolute atomic E-state index is 0.290. The maximum atomic E-state index is 12.6. The molecule has 0 spiro atoms. The topological polar surface area (TPSA) is 85.2 Å². The van der Waals surface area contributed by atoms with Crippen LogP contribution in [0.3, 0.4) is 0 Å². The number of ether oxygens (including phenoxy) is 1. The van der Waals surface area contributed by atoms with E-state index in [1.54, 1.807) is 28.9 Å². The van der Waals surface area contributed by atoms with Crippen molar-refractivity contribution in [2.24, 2.45) is 7.05 Å². The van der Waals surface area contributed by atoms with Crippen LogP contribution in [0.1, 0.15) is 23.9 Å². The fourth-order valence-electron chi connectivity index (χ4n) is 2.73. The van der Waals surface area contributed by atoms with Crippen molar-refractivity contribution in [1.29, 1.82) is 0 Å². The van der Waals surface area contributed by atoms with E-state index in [0.717, 1.165) is 17.0 Å². The molecule has 24 heavy (non-hydrogen) atoms. The lowest BCUT2D eigenvalue weighted by Gasteiger charge is -2.33. The monoisotopic (exact) mass is 328 g/mol. The molecular formula is C17H20N4O3. The molecule has 0 saturated heterocycles. The average molecular weight is 328 g/mol. The number of fused-ring (bicyclic) bond motifs is 1. The molecular weight excluding hydrogens is 308 g/mol. The summed E-state index contributed by atoms with van der Waals surface area (Å²) in [6.07, 6.45) is 0. The third-order valence-electron chi connectivity index (χ3n) is 4.40. The van der Waals surface area contributed by atoms with Crippen LogP contribution >= 0.6 is 0 Å². The van der Waals surface area contributed by atoms with Crippen LogP contribution in [0.4, 0.5) is 5.69 Å². The highest BCUT2D eigenvalue weighted by atomic mass is 16.5. The van der Waals surface area contributed by atoms with Gasteiger partial charge < -0.3 is 15.4 Å². The van der Waals surface area contributed by atoms with Gasteiger partial charge in [0.25, 0.3) is 17.4 Å². The van der Waals surface area contributed by atoms with E-state index < -0.39 is 17.4 Å². The third kappa shape index (κ3) is 2.51. The molecule has 2 N–H and O–H groups in total. The molecule has 1 aromatic heterocycles. The molecule has 0 bridgehead atoms. The Morgan fingerprint density at radius 3 is 2.75 bits per heavy atom. The van der Waals surface area contributed by atoms with Crippen molar-refractivity contribution in [1.82, 2.24) is 15.1 Å². The van der Waals surface area contributed by atoms with Gasteiger partial charge in [-0.1, -0.05) is 12.1 Å². The number of hydrogen-bond acceptors (Lipinski definition) is 4. The molecule has 1 aliphatic rings. The number of anilines is 1. The number of nitrogens with zero attached hydrogens (tertiary/aromatic N) is 2. The highest BCUT2D eigenvalue weighted by molar-refractivity contribution is 6.15. The summed E-state index contributed by atoms with van der Waals surface area (Å²) in [7, 11) is 1.85. The molecule has 1 atom stereocenters. The van der Waals surface area contributed by atoms with Crippen molar-refractivity contribution in [3.05, 3.63) is 41.2 Å². The zero-order chi connectivity index (χ0) is 17.5. The molecule has 7 heteroatoms. The van der Waals surface area contributed by atoms with Crippen LogP contribution in [0.25, 0.3) is 0 Å². The number of rotatable bonds is 3. The van der Waals surface area contributed by atoms with Gasteiger partial charge in [-0.3, -0.25) is 14.3 Å². The van der Waals surface area contributed by atoms with Gasteiger partial charge in [0.1, 0.15) is 5.75 Å². The zero-order valence-electron chi connectivity index (χ0n) is 14.1. The normalized spacial score (nSPS) is 19.2. The Morgan fingerprint density at radius 2 is 2.08 bits per heavy atom. The van der Waals surface area contributed by atoms with Gasteiger partial charge in [0.15, 0.2) is 0 Å². The smallest absolute Gasteiger partial charge is 0.278 e. The number of carbonyl (C=O) groups excluding carboxylic acids is 2. The average Bonchev–Trinajstić information content (AvgIpc) is 2.79. The molecule has 0 unspecified atom stereocenters. The molecule has 3 rings (SSSR count). The number of benzene rings is 1. The van der Waals surface area contributed by atoms with Crippen molar-refractivity contribution in [3.63, 3.8) is 0 Å². The van der Waals surface area contributed by atoms with Crippen LogP contribution < -0.4 is 15.4 Å². The summed E-state index contributed by atoms with van der Waals surface area (Å²) in [5.41, 5.74) is 1.70. The van der Waals surface area contributed by atoms with Crippen LogP contribution in [0.15, 0.2) is 24.3 Å². The number of nitrogens with one attached hydrogen (secondary N) is 2. The van der Waals surface area contributed by atoms with Crippen molar-refractivity contribution in [2.45, 2.75) is 32.9 Å². The Hall–Kier alpha value is -2.83. The van der Waals surface area contributed by atoms with E-state index in [2.05, 4.69) is 15.7 Å². The Kier molecular flexibility index (Phi) is 3.79. The summed E-state index contributed by atoms with van der Waals surface area (Å²) >= 11 is 0. The van der Waals surface area contributed by atoms with Crippen molar-refractivity contribution in [2.75, 3.05) is 5.32 Å². The standard InChI is InChI=1S/C17H20N4O3/c1-10-12(11(2)21(4)20-10)9-18-15(22)17(3)16(23)19-13-7-5-6-8-14(13)24-17/h5-8H,9H2,1-4H3,(H,18,22)(H,19,23)/t17-/m1/s1. The molecule has 7 nitrogen and oxygen atoms in total. The number of hydrogen-bond donors (Lipinski definition) is 2. The van der Waals surface area contributed by atoms with Gasteiger partial charge in [-0.25, -0.2) is 0 Å². The van der Waals surface area contributed by atoms with Gasteiger partial charge in [-0.05, 0) is 32.9 Å². The lowest BCUT2D eigenvalue weighted by Crippen LogP contribution is -2.58. The van der Waals surface area contributed by atoms with E-state index >= 15 is 0 Å². The van der Waals surface area contributed by atoms with Gasteiger partial charge in [0.05, 0.1) is 11.4 Å². The molecule has 1 aliphatic heterocycles. The van der Waals surface area contributed by atoms with Gasteiger partial charge in [-0.2, -0.15) is 5.10 Å². The Labute approximate surface area is 140 Å². The van der Waals surface area contributed by atoms with Crippen LogP contribution in [0.2, 0.25) is 0 Å². The minimum atomic E-state index is -1.61. The van der Waals surface area contributed by atoms with Gasteiger partial charge >= 0.3 is 0 Å². The molecule has 0 aliphatic carbocycles. The van der Waals surface area contributed by atoms with E-state index in [0.29, 0.717) is 11.4 Å². The number of amides is 2. The van der Waals surface area contributed by atoms with Gasteiger partial charge in [-0.15, -0.1) is 0 Å². The molecule has 0 fully saturated rings. The lowest BCUT2D eigenvalue weighted by molar-refractivity contribution is -0.146. The van der Waals surface area contributed by atoms with Crippen LogP contribution in [0.5, 0.6) is 5.75 Å². The highest BCUT2D eigenvalue weighted by Crippen LogP contribution is 2.33. The van der Waals surface area contributed by atoms with E-state index in [9.17, 15) is 9.59 Å². The predicted molar refractivity (Wildman–Crippen MR) is 88.6 cm³/mol. The molecule has 0 saturated carbocycles. The second-order valence-electron chi connectivity index (χ2n) is 6.04. The van der Waals surface area contributed by atoms with Crippen LogP contribution in [-0.2, 0) is 23.2 Å². The van der Waals surface area contributed by atoms with Crippen LogP contribution in [-0.4, -0.2) is 27.2 Å². The number of aryl methyl sites for hydroxylation is 2. The van der Waals surface area contributed by atoms with Crippen molar-refractivity contribution in [3.8, 4) is 5.75 Å². The molecule has 2 aromatic rings. The Morgan fingerprint density at radius 1 is 1.38 bits per heavy atom. The maximum Gasteiger partial charge on any atom is 0.278 e. The molecule has 126 valence electrons. The largest absolute Gasteiger partial charge is 0.466 e. The number of carbonyl (C=O) groups is 2. The number of para-hydroxylation sites is 2. The van der Waals surface area contributed by atoms with E-state index in [4.69, 9.17) is 4.74 Å². The zero-order valence-corrected chi connectivity index (χ0v) is 14.1. The van der Waals surface area contributed by atoms with Crippen LogP contribution in [0, 0.1) is 13.8 Å². The first-order valence-electron chi connectivity index (χ1n) is 7.70. The molecule has 2 amide bonds. The van der Waals surface area contributed by atoms with Crippen molar-refractivity contribution < 1.29 is 14.3 Å². The Balaban J connectivity index is 1.78. The van der Waals surface area contributed by atoms with E-state index in [1.165, 1.54) is 6.92 Å². The van der Waals surface area contributed by atoms with E-state index in [-0.39, 0.29) is 6.54 Å². The maximum absolute atomic E-state index is 12.6. The fourth-order valence-corrected chi connectivity index (χ4v) is 2.73. The lowest BCUT2D eigenvalue weighted by atomic mass is 10.0. The summed E-state index contributed by atoms with van der Waals surface area (Å²) in [6.45, 7) is 5.58. The summed E-state index contributed by atoms with van der Waals surface area (Å²) in [5, 5.41) is 9.82. The second kappa shape index (κ2) is 5.67. The molecule has 2 heterocycles. The second-order valence-corrected chi connectivity index (χ2v) is 6.04. The van der Waals surface area contributed by atoms with Gasteiger partial charge in [0, 0.05) is 24.8 Å². The van der Waals surface area contributed by atoms with Gasteiger partial charge in [0.2, 0.25) is 0 Å². The number of aromatic nitrogens is 2. The first-order valence-corrected chi connectivity index (χ1v) is 7.70.